The lowest BCUT2D eigenvalue weighted by Gasteiger charge is -2.08. The Morgan fingerprint density at radius 1 is 1.04 bits per heavy atom. The van der Waals surface area contributed by atoms with Crippen molar-refractivity contribution in [2.24, 2.45) is 0 Å². The van der Waals surface area contributed by atoms with E-state index in [2.05, 4.69) is 4.98 Å². The summed E-state index contributed by atoms with van der Waals surface area (Å²) in [7, 11) is 0. The number of para-hydroxylation sites is 1. The molecule has 23 heavy (non-hydrogen) atoms. The molecule has 0 aliphatic heterocycles. The van der Waals surface area contributed by atoms with Gasteiger partial charge in [0.2, 0.25) is 5.91 Å². The minimum absolute atomic E-state index is 0.0283. The number of halogens is 1. The zero-order valence-corrected chi connectivity index (χ0v) is 13.2. The Kier molecular flexibility index (Phi) is 3.17. The Labute approximate surface area is 138 Å². The summed E-state index contributed by atoms with van der Waals surface area (Å²) in [6.07, 6.45) is 1.78. The van der Waals surface area contributed by atoms with Gasteiger partial charge in [0.25, 0.3) is 0 Å². The highest BCUT2D eigenvalue weighted by Crippen LogP contribution is 2.34. The van der Waals surface area contributed by atoms with Crippen LogP contribution in [0.25, 0.3) is 33.1 Å². The van der Waals surface area contributed by atoms with Crippen LogP contribution in [0, 0.1) is 0 Å². The first kappa shape index (κ1) is 14.0. The van der Waals surface area contributed by atoms with Crippen molar-refractivity contribution in [1.29, 1.82) is 0 Å². The molecule has 0 fully saturated rings. The van der Waals surface area contributed by atoms with Gasteiger partial charge < -0.3 is 0 Å². The lowest BCUT2D eigenvalue weighted by molar-refractivity contribution is 0.0946. The maximum atomic E-state index is 12.3. The number of nitrogens with zero attached hydrogens (tertiary/aromatic N) is 2. The molecule has 0 aliphatic carbocycles. The van der Waals surface area contributed by atoms with Crippen LogP contribution in [0.2, 0.25) is 5.02 Å². The van der Waals surface area contributed by atoms with Crippen molar-refractivity contribution >= 4 is 39.4 Å². The second kappa shape index (κ2) is 5.21. The molecule has 0 saturated heterocycles. The molecule has 0 spiro atoms. The van der Waals surface area contributed by atoms with Gasteiger partial charge in [0, 0.05) is 29.1 Å². The van der Waals surface area contributed by atoms with Gasteiger partial charge in [0.05, 0.1) is 16.6 Å². The summed E-state index contributed by atoms with van der Waals surface area (Å²) in [4.78, 5) is 16.8. The Morgan fingerprint density at radius 3 is 2.52 bits per heavy atom. The smallest absolute Gasteiger partial charge is 0.228 e. The standard InChI is InChI=1S/C19H13ClN2O/c1-12(23)22-17-5-3-2-4-16(17)18-19(22)15(10-11-21-18)13-6-8-14(20)9-7-13/h2-11H,1H3. The molecule has 0 radical (unpaired) electrons. The van der Waals surface area contributed by atoms with Crippen LogP contribution in [0.3, 0.4) is 0 Å². The van der Waals surface area contributed by atoms with Crippen LogP contribution in [-0.4, -0.2) is 15.5 Å². The van der Waals surface area contributed by atoms with Crippen molar-refractivity contribution in [2.45, 2.75) is 6.92 Å². The number of pyridine rings is 1. The van der Waals surface area contributed by atoms with Crippen LogP contribution in [0.4, 0.5) is 0 Å². The van der Waals surface area contributed by atoms with Crippen molar-refractivity contribution < 1.29 is 4.79 Å². The van der Waals surface area contributed by atoms with Gasteiger partial charge in [-0.1, -0.05) is 41.9 Å². The molecule has 2 aromatic carbocycles. The van der Waals surface area contributed by atoms with E-state index in [4.69, 9.17) is 11.6 Å². The molecule has 2 heterocycles. The zero-order valence-electron chi connectivity index (χ0n) is 12.5. The first-order valence-corrected chi connectivity index (χ1v) is 7.69. The van der Waals surface area contributed by atoms with Crippen LogP contribution >= 0.6 is 11.6 Å². The van der Waals surface area contributed by atoms with Crippen LogP contribution in [-0.2, 0) is 0 Å². The number of fused-ring (bicyclic) bond motifs is 3. The van der Waals surface area contributed by atoms with Crippen LogP contribution in [0.1, 0.15) is 11.7 Å². The second-order valence-corrected chi connectivity index (χ2v) is 5.87. The molecule has 0 aliphatic rings. The van der Waals surface area contributed by atoms with E-state index in [0.29, 0.717) is 5.02 Å². The largest absolute Gasteiger partial charge is 0.278 e. The number of hydrogen-bond acceptors (Lipinski definition) is 2. The van der Waals surface area contributed by atoms with Gasteiger partial charge in [-0.05, 0) is 29.8 Å². The van der Waals surface area contributed by atoms with Crippen molar-refractivity contribution in [3.8, 4) is 11.1 Å². The van der Waals surface area contributed by atoms with Crippen LogP contribution < -0.4 is 0 Å². The van der Waals surface area contributed by atoms with E-state index in [1.165, 1.54) is 0 Å². The molecule has 0 saturated carbocycles. The minimum atomic E-state index is -0.0283. The Balaban J connectivity index is 2.18. The topological polar surface area (TPSA) is 34.9 Å². The van der Waals surface area contributed by atoms with Gasteiger partial charge >= 0.3 is 0 Å². The molecular formula is C19H13ClN2O. The minimum Gasteiger partial charge on any atom is -0.278 e. The predicted molar refractivity (Wildman–Crippen MR) is 94.0 cm³/mol. The molecule has 0 unspecified atom stereocenters. The van der Waals surface area contributed by atoms with E-state index in [9.17, 15) is 4.79 Å². The highest BCUT2D eigenvalue weighted by Gasteiger charge is 2.17. The molecule has 3 nitrogen and oxygen atoms in total. The average molecular weight is 321 g/mol. The summed E-state index contributed by atoms with van der Waals surface area (Å²) in [5.74, 6) is -0.0283. The molecule has 0 N–H and O–H groups in total. The average Bonchev–Trinajstić information content (AvgIpc) is 2.90. The highest BCUT2D eigenvalue weighted by atomic mass is 35.5. The van der Waals surface area contributed by atoms with E-state index in [-0.39, 0.29) is 5.91 Å². The van der Waals surface area contributed by atoms with Gasteiger partial charge in [-0.15, -0.1) is 0 Å². The van der Waals surface area contributed by atoms with E-state index in [0.717, 1.165) is 33.1 Å². The molecule has 0 amide bonds. The predicted octanol–water partition coefficient (Wildman–Crippen LogP) is 5.17. The fourth-order valence-corrected chi connectivity index (χ4v) is 3.18. The first-order chi connectivity index (χ1) is 11.2. The Bertz CT molecular complexity index is 1050. The molecule has 112 valence electrons. The SMILES string of the molecule is CC(=O)n1c2ccccc2c2nccc(-c3ccc(Cl)cc3)c21. The first-order valence-electron chi connectivity index (χ1n) is 7.32. The molecular weight excluding hydrogens is 308 g/mol. The third-order valence-electron chi connectivity index (χ3n) is 4.02. The van der Waals surface area contributed by atoms with Crippen LogP contribution in [0.15, 0.2) is 60.8 Å². The molecule has 2 aromatic heterocycles. The van der Waals surface area contributed by atoms with E-state index in [1.807, 2.05) is 54.6 Å². The third kappa shape index (κ3) is 2.13. The van der Waals surface area contributed by atoms with Crippen molar-refractivity contribution in [3.63, 3.8) is 0 Å². The summed E-state index contributed by atoms with van der Waals surface area (Å²) in [5, 5.41) is 1.67. The van der Waals surface area contributed by atoms with E-state index >= 15 is 0 Å². The van der Waals surface area contributed by atoms with E-state index in [1.54, 1.807) is 17.7 Å². The van der Waals surface area contributed by atoms with Crippen molar-refractivity contribution in [3.05, 3.63) is 65.8 Å². The molecule has 4 rings (SSSR count). The van der Waals surface area contributed by atoms with Gasteiger partial charge in [-0.25, -0.2) is 0 Å². The number of rotatable bonds is 1. The molecule has 4 aromatic rings. The van der Waals surface area contributed by atoms with Gasteiger partial charge in [-0.2, -0.15) is 0 Å². The fourth-order valence-electron chi connectivity index (χ4n) is 3.06. The van der Waals surface area contributed by atoms with Gasteiger partial charge in [-0.3, -0.25) is 14.3 Å². The Morgan fingerprint density at radius 2 is 1.78 bits per heavy atom. The lowest BCUT2D eigenvalue weighted by atomic mass is 10.1. The number of aromatic nitrogens is 2. The zero-order chi connectivity index (χ0) is 16.0. The van der Waals surface area contributed by atoms with Crippen molar-refractivity contribution in [1.82, 2.24) is 9.55 Å². The molecule has 4 heteroatoms. The lowest BCUT2D eigenvalue weighted by Crippen LogP contribution is -2.05. The van der Waals surface area contributed by atoms with Gasteiger partial charge in [0.1, 0.15) is 0 Å². The second-order valence-electron chi connectivity index (χ2n) is 5.43. The maximum absolute atomic E-state index is 12.3. The fraction of sp³-hybridized carbons (Fsp3) is 0.0526. The quantitative estimate of drug-likeness (QED) is 0.485. The summed E-state index contributed by atoms with van der Waals surface area (Å²) >= 11 is 5.99. The van der Waals surface area contributed by atoms with Crippen molar-refractivity contribution in [2.75, 3.05) is 0 Å². The number of benzene rings is 2. The number of carbonyl (C=O) groups is 1. The number of hydrogen-bond donors (Lipinski definition) is 0. The van der Waals surface area contributed by atoms with Gasteiger partial charge in [0.15, 0.2) is 0 Å². The Hall–Kier alpha value is -2.65. The summed E-state index contributed by atoms with van der Waals surface area (Å²) in [6.45, 7) is 1.57. The molecule has 0 bridgehead atoms. The summed E-state index contributed by atoms with van der Waals surface area (Å²) < 4.78 is 1.74. The normalized spacial score (nSPS) is 11.2. The summed E-state index contributed by atoms with van der Waals surface area (Å²) in [5.41, 5.74) is 4.53. The number of carbonyl (C=O) groups excluding carboxylic acids is 1. The summed E-state index contributed by atoms with van der Waals surface area (Å²) in [6, 6.07) is 17.4. The molecule has 0 atom stereocenters. The monoisotopic (exact) mass is 320 g/mol. The maximum Gasteiger partial charge on any atom is 0.228 e. The highest BCUT2D eigenvalue weighted by molar-refractivity contribution is 6.30. The van der Waals surface area contributed by atoms with Crippen LogP contribution in [0.5, 0.6) is 0 Å². The van der Waals surface area contributed by atoms with E-state index < -0.39 is 0 Å². The third-order valence-corrected chi connectivity index (χ3v) is 4.27.